The third kappa shape index (κ3) is 6.80. The lowest BCUT2D eigenvalue weighted by atomic mass is 10.0. The van der Waals surface area contributed by atoms with Gasteiger partial charge in [-0.1, -0.05) is 6.92 Å². The van der Waals surface area contributed by atoms with Crippen molar-refractivity contribution in [1.29, 1.82) is 0 Å². The summed E-state index contributed by atoms with van der Waals surface area (Å²) in [6, 6.07) is 0. The molecule has 0 bridgehead atoms. The van der Waals surface area contributed by atoms with E-state index in [-0.39, 0.29) is 13.2 Å². The van der Waals surface area contributed by atoms with Crippen molar-refractivity contribution in [3.63, 3.8) is 0 Å². The van der Waals surface area contributed by atoms with Crippen LogP contribution in [0.2, 0.25) is 0 Å². The molecule has 0 rings (SSSR count). The van der Waals surface area contributed by atoms with E-state index in [2.05, 4.69) is 5.32 Å². The van der Waals surface area contributed by atoms with Crippen LogP contribution in [0.25, 0.3) is 0 Å². The van der Waals surface area contributed by atoms with Gasteiger partial charge in [-0.2, -0.15) is 13.2 Å². The Morgan fingerprint density at radius 3 is 2.33 bits per heavy atom. The third-order valence-electron chi connectivity index (χ3n) is 2.21. The number of rotatable bonds is 8. The number of nitrogens with one attached hydrogen (secondary N) is 1. The predicted molar refractivity (Wildman–Crippen MR) is 60.2 cm³/mol. The lowest BCUT2D eigenvalue weighted by Gasteiger charge is -2.27. The molecule has 0 aliphatic rings. The van der Waals surface area contributed by atoms with Gasteiger partial charge in [0.25, 0.3) is 0 Å². The van der Waals surface area contributed by atoms with Crippen LogP contribution in [0.3, 0.4) is 0 Å². The number of alkyl halides is 3. The van der Waals surface area contributed by atoms with E-state index in [1.165, 1.54) is 0 Å². The minimum Gasteiger partial charge on any atom is -0.465 e. The van der Waals surface area contributed by atoms with Crippen molar-refractivity contribution in [3.05, 3.63) is 0 Å². The average Bonchev–Trinajstić information content (AvgIpc) is 2.24. The summed E-state index contributed by atoms with van der Waals surface area (Å²) in [6.45, 7) is 5.06. The molecule has 0 amide bonds. The van der Waals surface area contributed by atoms with E-state index in [1.54, 1.807) is 20.8 Å². The third-order valence-corrected chi connectivity index (χ3v) is 2.21. The summed E-state index contributed by atoms with van der Waals surface area (Å²) < 4.78 is 45.5. The summed E-state index contributed by atoms with van der Waals surface area (Å²) in [5.41, 5.74) is -1.11. The van der Waals surface area contributed by atoms with E-state index >= 15 is 0 Å². The lowest BCUT2D eigenvalue weighted by molar-refractivity contribution is -0.157. The fourth-order valence-electron chi connectivity index (χ4n) is 1.33. The SMILES string of the molecule is CCNC(C)(COCCC(F)(F)F)C(=O)OCC. The van der Waals surface area contributed by atoms with Crippen LogP contribution in [0.1, 0.15) is 27.2 Å². The van der Waals surface area contributed by atoms with E-state index in [9.17, 15) is 18.0 Å². The predicted octanol–water partition coefficient (Wildman–Crippen LogP) is 1.89. The molecule has 0 heterocycles. The number of likely N-dealkylation sites (N-methyl/N-ethyl adjacent to an activating group) is 1. The van der Waals surface area contributed by atoms with Crippen LogP contribution < -0.4 is 5.32 Å². The normalized spacial score (nSPS) is 15.2. The smallest absolute Gasteiger partial charge is 0.391 e. The summed E-state index contributed by atoms with van der Waals surface area (Å²) in [6.07, 6.45) is -5.28. The van der Waals surface area contributed by atoms with E-state index in [0.717, 1.165) is 0 Å². The van der Waals surface area contributed by atoms with Gasteiger partial charge in [0.15, 0.2) is 0 Å². The largest absolute Gasteiger partial charge is 0.465 e. The standard InChI is InChI=1S/C11H20F3NO3/c1-4-15-10(3,9(16)18-5-2)8-17-7-6-11(12,13)14/h15H,4-8H2,1-3H3. The molecule has 1 unspecified atom stereocenters. The average molecular weight is 271 g/mol. The maximum Gasteiger partial charge on any atom is 0.391 e. The van der Waals surface area contributed by atoms with Gasteiger partial charge in [0.05, 0.1) is 26.2 Å². The fraction of sp³-hybridized carbons (Fsp3) is 0.909. The lowest BCUT2D eigenvalue weighted by Crippen LogP contribution is -2.54. The molecule has 0 aromatic heterocycles. The zero-order valence-electron chi connectivity index (χ0n) is 10.9. The molecule has 18 heavy (non-hydrogen) atoms. The molecule has 1 atom stereocenters. The van der Waals surface area contributed by atoms with Crippen molar-refractivity contribution in [2.45, 2.75) is 38.9 Å². The number of carbonyl (C=O) groups is 1. The molecule has 1 N–H and O–H groups in total. The maximum absolute atomic E-state index is 11.9. The molecule has 0 aliphatic carbocycles. The quantitative estimate of drug-likeness (QED) is 0.541. The topological polar surface area (TPSA) is 47.6 Å². The summed E-state index contributed by atoms with van der Waals surface area (Å²) in [7, 11) is 0. The minimum atomic E-state index is -4.25. The van der Waals surface area contributed by atoms with E-state index in [0.29, 0.717) is 6.54 Å². The number of hydrogen-bond acceptors (Lipinski definition) is 4. The van der Waals surface area contributed by atoms with Gasteiger partial charge in [0.2, 0.25) is 0 Å². The van der Waals surface area contributed by atoms with Gasteiger partial charge in [-0.25, -0.2) is 4.79 Å². The van der Waals surface area contributed by atoms with E-state index in [1.807, 2.05) is 0 Å². The van der Waals surface area contributed by atoms with Gasteiger partial charge in [-0.3, -0.25) is 0 Å². The Bertz CT molecular complexity index is 258. The number of ether oxygens (including phenoxy) is 2. The Morgan fingerprint density at radius 1 is 1.28 bits per heavy atom. The van der Waals surface area contributed by atoms with Crippen molar-refractivity contribution in [2.75, 3.05) is 26.4 Å². The van der Waals surface area contributed by atoms with Crippen LogP contribution in [0.4, 0.5) is 13.2 Å². The monoisotopic (exact) mass is 271 g/mol. The second-order valence-electron chi connectivity index (χ2n) is 4.00. The molecule has 0 saturated heterocycles. The summed E-state index contributed by atoms with van der Waals surface area (Å²) >= 11 is 0. The zero-order valence-corrected chi connectivity index (χ0v) is 10.9. The van der Waals surface area contributed by atoms with Crippen molar-refractivity contribution in [1.82, 2.24) is 5.32 Å². The van der Waals surface area contributed by atoms with Crippen molar-refractivity contribution >= 4 is 5.97 Å². The highest BCUT2D eigenvalue weighted by Crippen LogP contribution is 2.19. The zero-order chi connectivity index (χ0) is 14.2. The first-order valence-electron chi connectivity index (χ1n) is 5.82. The number of carbonyl (C=O) groups excluding carboxylic acids is 1. The Balaban J connectivity index is 4.22. The van der Waals surface area contributed by atoms with E-state index in [4.69, 9.17) is 9.47 Å². The molecule has 0 aromatic rings. The Hall–Kier alpha value is -0.820. The highest BCUT2D eigenvalue weighted by atomic mass is 19.4. The fourth-order valence-corrected chi connectivity index (χ4v) is 1.33. The number of hydrogen-bond donors (Lipinski definition) is 1. The maximum atomic E-state index is 11.9. The van der Waals surface area contributed by atoms with Gasteiger partial charge in [0, 0.05) is 0 Å². The molecular weight excluding hydrogens is 251 g/mol. The first-order valence-corrected chi connectivity index (χ1v) is 5.82. The van der Waals surface area contributed by atoms with Gasteiger partial charge in [-0.05, 0) is 20.4 Å². The van der Waals surface area contributed by atoms with Crippen LogP contribution in [-0.2, 0) is 14.3 Å². The second-order valence-corrected chi connectivity index (χ2v) is 4.00. The van der Waals surface area contributed by atoms with Gasteiger partial charge in [0.1, 0.15) is 5.54 Å². The van der Waals surface area contributed by atoms with Gasteiger partial charge >= 0.3 is 12.1 Å². The molecule has 4 nitrogen and oxygen atoms in total. The minimum absolute atomic E-state index is 0.157. The van der Waals surface area contributed by atoms with Crippen LogP contribution >= 0.6 is 0 Å². The summed E-state index contributed by atoms with van der Waals surface area (Å²) in [5, 5.41) is 2.86. The molecule has 108 valence electrons. The number of esters is 1. The molecule has 7 heteroatoms. The molecule has 0 aliphatic heterocycles. The van der Waals surface area contributed by atoms with Crippen LogP contribution in [0.15, 0.2) is 0 Å². The summed E-state index contributed by atoms with van der Waals surface area (Å²) in [5.74, 6) is -0.529. The first-order chi connectivity index (χ1) is 8.25. The Morgan fingerprint density at radius 2 is 1.89 bits per heavy atom. The highest BCUT2D eigenvalue weighted by molar-refractivity contribution is 5.80. The molecule has 0 fully saturated rings. The van der Waals surface area contributed by atoms with Crippen molar-refractivity contribution in [2.24, 2.45) is 0 Å². The highest BCUT2D eigenvalue weighted by Gasteiger charge is 2.35. The van der Waals surface area contributed by atoms with Crippen molar-refractivity contribution in [3.8, 4) is 0 Å². The second kappa shape index (κ2) is 7.58. The van der Waals surface area contributed by atoms with Gasteiger partial charge < -0.3 is 14.8 Å². The molecular formula is C11H20F3NO3. The van der Waals surface area contributed by atoms with Crippen LogP contribution in [0, 0.1) is 0 Å². The van der Waals surface area contributed by atoms with Gasteiger partial charge in [-0.15, -0.1) is 0 Å². The van der Waals surface area contributed by atoms with Crippen molar-refractivity contribution < 1.29 is 27.4 Å². The van der Waals surface area contributed by atoms with E-state index < -0.39 is 30.7 Å². The molecule has 0 saturated carbocycles. The van der Waals surface area contributed by atoms with Crippen LogP contribution in [0.5, 0.6) is 0 Å². The molecule has 0 radical (unpaired) electrons. The summed E-state index contributed by atoms with van der Waals surface area (Å²) in [4.78, 5) is 11.7. The first kappa shape index (κ1) is 17.2. The molecule has 0 spiro atoms. The Labute approximate surface area is 105 Å². The number of halogens is 3. The molecule has 0 aromatic carbocycles. The van der Waals surface area contributed by atoms with Crippen LogP contribution in [-0.4, -0.2) is 44.0 Å². The Kier molecular flexibility index (Phi) is 7.23.